The van der Waals surface area contributed by atoms with Crippen LogP contribution in [0.5, 0.6) is 5.75 Å². The summed E-state index contributed by atoms with van der Waals surface area (Å²) < 4.78 is 11.0. The molecule has 0 aliphatic heterocycles. The van der Waals surface area contributed by atoms with Crippen LogP contribution in [0, 0.1) is 6.92 Å². The van der Waals surface area contributed by atoms with Gasteiger partial charge in [-0.1, -0.05) is 18.2 Å². The summed E-state index contributed by atoms with van der Waals surface area (Å²) in [6.07, 6.45) is 1.89. The van der Waals surface area contributed by atoms with E-state index in [4.69, 9.17) is 15.2 Å². The van der Waals surface area contributed by atoms with Crippen molar-refractivity contribution in [2.45, 2.75) is 44.8 Å². The van der Waals surface area contributed by atoms with E-state index >= 15 is 0 Å². The van der Waals surface area contributed by atoms with E-state index in [1.807, 2.05) is 31.2 Å². The summed E-state index contributed by atoms with van der Waals surface area (Å²) >= 11 is 0. The van der Waals surface area contributed by atoms with Gasteiger partial charge in [0.25, 0.3) is 0 Å². The Morgan fingerprint density at radius 3 is 2.89 bits per heavy atom. The summed E-state index contributed by atoms with van der Waals surface area (Å²) in [6.45, 7) is 4.16. The fourth-order valence-electron chi connectivity index (χ4n) is 2.46. The molecule has 1 saturated carbocycles. The lowest BCUT2D eigenvalue weighted by atomic mass is 9.99. The summed E-state index contributed by atoms with van der Waals surface area (Å²) in [5.41, 5.74) is 6.32. The number of hydrogen-bond acceptors (Lipinski definition) is 4. The van der Waals surface area contributed by atoms with Crippen molar-refractivity contribution in [3.63, 3.8) is 0 Å². The summed E-state index contributed by atoms with van der Waals surface area (Å²) in [6, 6.07) is 7.86. The Labute approximate surface area is 113 Å². The van der Waals surface area contributed by atoms with E-state index in [9.17, 15) is 4.79 Å². The molecule has 0 radical (unpaired) electrons. The highest BCUT2D eigenvalue weighted by Crippen LogP contribution is 2.32. The molecule has 0 saturated heterocycles. The third-order valence-electron chi connectivity index (χ3n) is 3.57. The Kier molecular flexibility index (Phi) is 4.10. The Balaban J connectivity index is 1.99. The first kappa shape index (κ1) is 13.9. The molecule has 0 bridgehead atoms. The second-order valence-corrected chi connectivity index (χ2v) is 5.12. The standard InChI is InChI=1S/C15H21NO3/c1-3-18-14(17)15(16)9-8-12(10-15)19-13-7-5-4-6-11(13)2/h4-7,12H,3,8-10,16H2,1-2H3. The molecule has 19 heavy (non-hydrogen) atoms. The first-order chi connectivity index (χ1) is 9.05. The van der Waals surface area contributed by atoms with Gasteiger partial charge in [0.2, 0.25) is 0 Å². The van der Waals surface area contributed by atoms with E-state index in [1.165, 1.54) is 0 Å². The van der Waals surface area contributed by atoms with Crippen molar-refractivity contribution in [1.82, 2.24) is 0 Å². The molecule has 2 unspecified atom stereocenters. The molecule has 1 fully saturated rings. The highest BCUT2D eigenvalue weighted by molar-refractivity contribution is 5.81. The average molecular weight is 263 g/mol. The molecule has 0 amide bonds. The Bertz CT molecular complexity index is 460. The van der Waals surface area contributed by atoms with Crippen molar-refractivity contribution in [2.75, 3.05) is 6.61 Å². The van der Waals surface area contributed by atoms with E-state index in [2.05, 4.69) is 0 Å². The van der Waals surface area contributed by atoms with Crippen LogP contribution in [0.25, 0.3) is 0 Å². The van der Waals surface area contributed by atoms with E-state index in [-0.39, 0.29) is 12.1 Å². The van der Waals surface area contributed by atoms with Crippen LogP contribution in [0.15, 0.2) is 24.3 Å². The minimum atomic E-state index is -0.886. The maximum Gasteiger partial charge on any atom is 0.326 e. The number of carbonyl (C=O) groups is 1. The molecule has 1 aliphatic carbocycles. The topological polar surface area (TPSA) is 61.5 Å². The zero-order chi connectivity index (χ0) is 13.9. The highest BCUT2D eigenvalue weighted by Gasteiger charge is 2.44. The van der Waals surface area contributed by atoms with Crippen molar-refractivity contribution in [2.24, 2.45) is 5.73 Å². The fraction of sp³-hybridized carbons (Fsp3) is 0.533. The molecule has 2 atom stereocenters. The Hall–Kier alpha value is -1.55. The second kappa shape index (κ2) is 5.61. The molecular formula is C15H21NO3. The van der Waals surface area contributed by atoms with Gasteiger partial charge in [0, 0.05) is 6.42 Å². The molecule has 104 valence electrons. The van der Waals surface area contributed by atoms with Gasteiger partial charge >= 0.3 is 5.97 Å². The molecule has 0 spiro atoms. The van der Waals surface area contributed by atoms with Gasteiger partial charge in [0.1, 0.15) is 17.4 Å². The van der Waals surface area contributed by atoms with E-state index in [0.717, 1.165) is 17.7 Å². The number of carbonyl (C=O) groups excluding carboxylic acids is 1. The van der Waals surface area contributed by atoms with Crippen LogP contribution in [0.2, 0.25) is 0 Å². The van der Waals surface area contributed by atoms with Crippen LogP contribution in [-0.2, 0) is 9.53 Å². The van der Waals surface area contributed by atoms with Crippen LogP contribution >= 0.6 is 0 Å². The van der Waals surface area contributed by atoms with Crippen molar-refractivity contribution in [1.29, 1.82) is 0 Å². The fourth-order valence-corrected chi connectivity index (χ4v) is 2.46. The molecule has 0 aromatic heterocycles. The van der Waals surface area contributed by atoms with Gasteiger partial charge < -0.3 is 15.2 Å². The number of benzene rings is 1. The van der Waals surface area contributed by atoms with Gasteiger partial charge in [-0.15, -0.1) is 0 Å². The molecule has 4 nitrogen and oxygen atoms in total. The molecule has 0 heterocycles. The lowest BCUT2D eigenvalue weighted by Gasteiger charge is -2.22. The lowest BCUT2D eigenvalue weighted by Crippen LogP contribution is -2.47. The smallest absolute Gasteiger partial charge is 0.326 e. The minimum Gasteiger partial charge on any atom is -0.490 e. The third-order valence-corrected chi connectivity index (χ3v) is 3.57. The molecule has 2 rings (SSSR count). The van der Waals surface area contributed by atoms with Gasteiger partial charge in [-0.2, -0.15) is 0 Å². The second-order valence-electron chi connectivity index (χ2n) is 5.12. The molecule has 2 N–H and O–H groups in total. The number of para-hydroxylation sites is 1. The van der Waals surface area contributed by atoms with Gasteiger partial charge in [0.15, 0.2) is 0 Å². The summed E-state index contributed by atoms with van der Waals surface area (Å²) in [5.74, 6) is 0.548. The first-order valence-corrected chi connectivity index (χ1v) is 6.73. The van der Waals surface area contributed by atoms with Crippen LogP contribution in [-0.4, -0.2) is 24.2 Å². The van der Waals surface area contributed by atoms with Crippen molar-refractivity contribution >= 4 is 5.97 Å². The van der Waals surface area contributed by atoms with Crippen molar-refractivity contribution in [3.8, 4) is 5.75 Å². The largest absolute Gasteiger partial charge is 0.490 e. The first-order valence-electron chi connectivity index (χ1n) is 6.73. The molecule has 1 aliphatic rings. The van der Waals surface area contributed by atoms with Crippen LogP contribution in [0.3, 0.4) is 0 Å². The maximum atomic E-state index is 11.8. The summed E-state index contributed by atoms with van der Waals surface area (Å²) in [5, 5.41) is 0. The normalized spacial score (nSPS) is 26.2. The highest BCUT2D eigenvalue weighted by atomic mass is 16.5. The molecule has 1 aromatic carbocycles. The Morgan fingerprint density at radius 2 is 2.21 bits per heavy atom. The average Bonchev–Trinajstić information content (AvgIpc) is 2.76. The minimum absolute atomic E-state index is 0.0180. The van der Waals surface area contributed by atoms with Gasteiger partial charge in [0.05, 0.1) is 6.61 Å². The molecule has 4 heteroatoms. The number of nitrogens with two attached hydrogens (primary N) is 1. The van der Waals surface area contributed by atoms with Crippen LogP contribution in [0.4, 0.5) is 0 Å². The van der Waals surface area contributed by atoms with Gasteiger partial charge in [-0.05, 0) is 38.3 Å². The van der Waals surface area contributed by atoms with E-state index < -0.39 is 5.54 Å². The number of esters is 1. The number of hydrogen-bond donors (Lipinski definition) is 1. The number of rotatable bonds is 4. The van der Waals surface area contributed by atoms with Crippen LogP contribution in [0.1, 0.15) is 31.7 Å². The zero-order valence-electron chi connectivity index (χ0n) is 11.5. The monoisotopic (exact) mass is 263 g/mol. The predicted octanol–water partition coefficient (Wildman–Crippen LogP) is 2.19. The van der Waals surface area contributed by atoms with Crippen molar-refractivity contribution < 1.29 is 14.3 Å². The van der Waals surface area contributed by atoms with Gasteiger partial charge in [-0.25, -0.2) is 0 Å². The molecular weight excluding hydrogens is 242 g/mol. The van der Waals surface area contributed by atoms with Gasteiger partial charge in [-0.3, -0.25) is 4.79 Å². The number of aryl methyl sites for hydroxylation is 1. The molecule has 1 aromatic rings. The third kappa shape index (κ3) is 3.07. The SMILES string of the molecule is CCOC(=O)C1(N)CCC(Oc2ccccc2C)C1. The summed E-state index contributed by atoms with van der Waals surface area (Å²) in [7, 11) is 0. The predicted molar refractivity (Wildman–Crippen MR) is 73.0 cm³/mol. The maximum absolute atomic E-state index is 11.8. The van der Waals surface area contributed by atoms with Crippen LogP contribution < -0.4 is 10.5 Å². The number of ether oxygens (including phenoxy) is 2. The quantitative estimate of drug-likeness (QED) is 0.846. The summed E-state index contributed by atoms with van der Waals surface area (Å²) in [4.78, 5) is 11.8. The lowest BCUT2D eigenvalue weighted by molar-refractivity contribution is -0.149. The Morgan fingerprint density at radius 1 is 1.47 bits per heavy atom. The van der Waals surface area contributed by atoms with Crippen molar-refractivity contribution in [3.05, 3.63) is 29.8 Å². The van der Waals surface area contributed by atoms with E-state index in [0.29, 0.717) is 19.4 Å². The zero-order valence-corrected chi connectivity index (χ0v) is 11.5. The van der Waals surface area contributed by atoms with E-state index in [1.54, 1.807) is 6.92 Å².